The third kappa shape index (κ3) is 6.45. The van der Waals surface area contributed by atoms with E-state index >= 15 is 0 Å². The predicted octanol–water partition coefficient (Wildman–Crippen LogP) is 4.34. The number of guanidine groups is 1. The Labute approximate surface area is 193 Å². The third-order valence-electron chi connectivity index (χ3n) is 7.77. The lowest BCUT2D eigenvalue weighted by Gasteiger charge is -2.39. The second kappa shape index (κ2) is 11.7. The van der Waals surface area contributed by atoms with Gasteiger partial charge in [0.25, 0.3) is 0 Å². The zero-order valence-electron chi connectivity index (χ0n) is 19.7. The first kappa shape index (κ1) is 23.1. The first-order valence-corrected chi connectivity index (χ1v) is 13.5. The van der Waals surface area contributed by atoms with E-state index in [1.54, 1.807) is 0 Å². The molecule has 3 fully saturated rings. The van der Waals surface area contributed by atoms with E-state index < -0.39 is 0 Å². The Morgan fingerprint density at radius 2 is 1.87 bits per heavy atom. The van der Waals surface area contributed by atoms with Gasteiger partial charge in [0.2, 0.25) is 0 Å². The van der Waals surface area contributed by atoms with Gasteiger partial charge in [-0.25, -0.2) is 0 Å². The molecular formula is C25H43N5S. The molecule has 0 bridgehead atoms. The van der Waals surface area contributed by atoms with E-state index in [2.05, 4.69) is 50.0 Å². The molecule has 174 valence electrons. The third-order valence-corrected chi connectivity index (χ3v) is 8.71. The fourth-order valence-electron chi connectivity index (χ4n) is 5.99. The van der Waals surface area contributed by atoms with E-state index in [1.807, 2.05) is 18.4 Å². The molecule has 2 unspecified atom stereocenters. The van der Waals surface area contributed by atoms with Crippen LogP contribution < -0.4 is 10.6 Å². The molecule has 0 spiro atoms. The highest BCUT2D eigenvalue weighted by Crippen LogP contribution is 2.36. The molecule has 31 heavy (non-hydrogen) atoms. The SMILES string of the molecule is CN=C(NCC1CCCN(C)C1c1cccs1)NC1CCN(CC2CCCCC2)CC1. The molecule has 6 heteroatoms. The molecule has 1 aromatic heterocycles. The van der Waals surface area contributed by atoms with Gasteiger partial charge < -0.3 is 15.5 Å². The molecule has 2 N–H and O–H groups in total. The van der Waals surface area contributed by atoms with E-state index in [4.69, 9.17) is 0 Å². The number of nitrogens with zero attached hydrogens (tertiary/aromatic N) is 3. The summed E-state index contributed by atoms with van der Waals surface area (Å²) in [7, 11) is 4.20. The van der Waals surface area contributed by atoms with E-state index in [1.165, 1.54) is 88.8 Å². The van der Waals surface area contributed by atoms with Crippen LogP contribution in [0.15, 0.2) is 22.5 Å². The summed E-state index contributed by atoms with van der Waals surface area (Å²) >= 11 is 1.90. The molecule has 0 aromatic carbocycles. The molecule has 3 aliphatic rings. The maximum absolute atomic E-state index is 4.56. The van der Waals surface area contributed by atoms with Crippen molar-refractivity contribution >= 4 is 17.3 Å². The Morgan fingerprint density at radius 3 is 2.58 bits per heavy atom. The average Bonchev–Trinajstić information content (AvgIpc) is 3.33. The van der Waals surface area contributed by atoms with E-state index in [9.17, 15) is 0 Å². The minimum absolute atomic E-state index is 0.530. The predicted molar refractivity (Wildman–Crippen MR) is 133 cm³/mol. The molecule has 4 rings (SSSR count). The van der Waals surface area contributed by atoms with E-state index in [0.29, 0.717) is 18.0 Å². The quantitative estimate of drug-likeness (QED) is 0.505. The lowest BCUT2D eigenvalue weighted by atomic mass is 9.88. The Hall–Kier alpha value is -1.11. The van der Waals surface area contributed by atoms with Gasteiger partial charge in [-0.3, -0.25) is 9.89 Å². The molecule has 0 radical (unpaired) electrons. The van der Waals surface area contributed by atoms with Crippen molar-refractivity contribution < 1.29 is 0 Å². The summed E-state index contributed by atoms with van der Waals surface area (Å²) in [6.45, 7) is 6.00. The Balaban J connectivity index is 1.22. The summed E-state index contributed by atoms with van der Waals surface area (Å²) in [4.78, 5) is 11.3. The number of thiophene rings is 1. The van der Waals surface area contributed by atoms with Gasteiger partial charge in [0, 0.05) is 50.2 Å². The summed E-state index contributed by atoms with van der Waals surface area (Å²) < 4.78 is 0. The van der Waals surface area contributed by atoms with Gasteiger partial charge in [-0.2, -0.15) is 0 Å². The Kier molecular flexibility index (Phi) is 8.68. The van der Waals surface area contributed by atoms with E-state index in [-0.39, 0.29) is 0 Å². The van der Waals surface area contributed by atoms with Crippen molar-refractivity contribution in [3.63, 3.8) is 0 Å². The zero-order valence-corrected chi connectivity index (χ0v) is 20.5. The largest absolute Gasteiger partial charge is 0.356 e. The van der Waals surface area contributed by atoms with Crippen molar-refractivity contribution in [2.75, 3.05) is 46.8 Å². The van der Waals surface area contributed by atoms with E-state index in [0.717, 1.165) is 18.4 Å². The van der Waals surface area contributed by atoms with Gasteiger partial charge in [-0.05, 0) is 75.4 Å². The van der Waals surface area contributed by atoms with Crippen LogP contribution in [-0.4, -0.2) is 68.6 Å². The molecule has 2 aliphatic heterocycles. The van der Waals surface area contributed by atoms with Crippen molar-refractivity contribution in [2.45, 2.75) is 69.9 Å². The van der Waals surface area contributed by atoms with Gasteiger partial charge in [-0.1, -0.05) is 25.3 Å². The highest BCUT2D eigenvalue weighted by molar-refractivity contribution is 7.10. The number of piperidine rings is 2. The number of aliphatic imine (C=N–C) groups is 1. The molecule has 1 aromatic rings. The van der Waals surface area contributed by atoms with Crippen LogP contribution in [0.3, 0.4) is 0 Å². The number of hydrogen-bond donors (Lipinski definition) is 2. The Bertz CT molecular complexity index is 661. The molecule has 3 heterocycles. The van der Waals surface area contributed by atoms with Crippen LogP contribution in [0.2, 0.25) is 0 Å². The van der Waals surface area contributed by atoms with Crippen LogP contribution in [0.4, 0.5) is 0 Å². The van der Waals surface area contributed by atoms with Crippen LogP contribution in [0.25, 0.3) is 0 Å². The van der Waals surface area contributed by atoms with Gasteiger partial charge >= 0.3 is 0 Å². The first-order valence-electron chi connectivity index (χ1n) is 12.7. The van der Waals surface area contributed by atoms with Crippen LogP contribution in [0.1, 0.15) is 68.7 Å². The standard InChI is InChI=1S/C25H43N5S/c1-26-25(27-18-21-10-6-14-29(2)24(21)23-11-7-17-31-23)28-22-12-15-30(16-13-22)19-20-8-4-3-5-9-20/h7,11,17,20-22,24H,3-6,8-10,12-16,18-19H2,1-2H3,(H2,26,27,28). The van der Waals surface area contributed by atoms with Crippen molar-refractivity contribution in [3.05, 3.63) is 22.4 Å². The van der Waals surface area contributed by atoms with Gasteiger partial charge in [0.15, 0.2) is 5.96 Å². The second-order valence-electron chi connectivity index (χ2n) is 10.0. The molecule has 0 amide bonds. The Morgan fingerprint density at radius 1 is 1.06 bits per heavy atom. The topological polar surface area (TPSA) is 42.9 Å². The van der Waals surface area contributed by atoms with Gasteiger partial charge in [0.05, 0.1) is 0 Å². The van der Waals surface area contributed by atoms with Crippen molar-refractivity contribution in [2.24, 2.45) is 16.8 Å². The number of hydrogen-bond acceptors (Lipinski definition) is 4. The molecule has 1 saturated carbocycles. The highest BCUT2D eigenvalue weighted by Gasteiger charge is 2.31. The molecule has 2 atom stereocenters. The van der Waals surface area contributed by atoms with Crippen molar-refractivity contribution in [1.82, 2.24) is 20.4 Å². The summed E-state index contributed by atoms with van der Waals surface area (Å²) in [6, 6.07) is 5.57. The average molecular weight is 446 g/mol. The lowest BCUT2D eigenvalue weighted by Crippen LogP contribution is -2.51. The fourth-order valence-corrected chi connectivity index (χ4v) is 6.98. The van der Waals surface area contributed by atoms with Crippen LogP contribution in [0.5, 0.6) is 0 Å². The summed E-state index contributed by atoms with van der Waals surface area (Å²) in [5.74, 6) is 2.58. The van der Waals surface area contributed by atoms with Crippen LogP contribution >= 0.6 is 11.3 Å². The summed E-state index contributed by atoms with van der Waals surface area (Å²) in [6.07, 6.45) is 12.3. The number of nitrogens with one attached hydrogen (secondary N) is 2. The van der Waals surface area contributed by atoms with Crippen LogP contribution in [0, 0.1) is 11.8 Å². The van der Waals surface area contributed by atoms with Crippen LogP contribution in [-0.2, 0) is 0 Å². The maximum Gasteiger partial charge on any atom is 0.191 e. The smallest absolute Gasteiger partial charge is 0.191 e. The second-order valence-corrected chi connectivity index (χ2v) is 11.0. The summed E-state index contributed by atoms with van der Waals surface area (Å²) in [5.41, 5.74) is 0. The molecule has 2 saturated heterocycles. The van der Waals surface area contributed by atoms with Gasteiger partial charge in [-0.15, -0.1) is 11.3 Å². The lowest BCUT2D eigenvalue weighted by molar-refractivity contribution is 0.125. The molecule has 5 nitrogen and oxygen atoms in total. The highest BCUT2D eigenvalue weighted by atomic mass is 32.1. The zero-order chi connectivity index (χ0) is 21.5. The molecule has 1 aliphatic carbocycles. The minimum Gasteiger partial charge on any atom is -0.356 e. The van der Waals surface area contributed by atoms with Crippen molar-refractivity contribution in [3.8, 4) is 0 Å². The summed E-state index contributed by atoms with van der Waals surface area (Å²) in [5, 5.41) is 9.62. The maximum atomic E-state index is 4.56. The number of rotatable bonds is 6. The number of likely N-dealkylation sites (tertiary alicyclic amines) is 2. The monoisotopic (exact) mass is 445 g/mol. The fraction of sp³-hybridized carbons (Fsp3) is 0.800. The molecular weight excluding hydrogens is 402 g/mol. The van der Waals surface area contributed by atoms with Crippen molar-refractivity contribution in [1.29, 1.82) is 0 Å². The van der Waals surface area contributed by atoms with Gasteiger partial charge in [0.1, 0.15) is 0 Å². The normalized spacial score (nSPS) is 28.0. The minimum atomic E-state index is 0.530. The first-order chi connectivity index (χ1) is 15.2.